The van der Waals surface area contributed by atoms with E-state index in [1.165, 1.54) is 0 Å². The lowest BCUT2D eigenvalue weighted by molar-refractivity contribution is -0.123. The third kappa shape index (κ3) is 2.18. The fourth-order valence-electron chi connectivity index (χ4n) is 1.99. The van der Waals surface area contributed by atoms with Gasteiger partial charge in [0.25, 0.3) is 0 Å². The third-order valence-electron chi connectivity index (χ3n) is 2.82. The largest absolute Gasteiger partial charge is 0.493 e. The van der Waals surface area contributed by atoms with Crippen molar-refractivity contribution in [2.45, 2.75) is 25.7 Å². The molecule has 86 valence electrons. The standard InChI is InChI=1S/C13H17NO2/c1-2-8-14-13(15)11-7-9-16-12-6-4-3-5-10(11)12/h3-6,11H,2,7-9H2,1H3,(H,14,15). The number of benzene rings is 1. The minimum absolute atomic E-state index is 0.0449. The summed E-state index contributed by atoms with van der Waals surface area (Å²) in [6.07, 6.45) is 1.74. The van der Waals surface area contributed by atoms with Gasteiger partial charge < -0.3 is 10.1 Å². The van der Waals surface area contributed by atoms with Crippen molar-refractivity contribution in [1.82, 2.24) is 5.32 Å². The van der Waals surface area contributed by atoms with Crippen molar-refractivity contribution in [1.29, 1.82) is 0 Å². The van der Waals surface area contributed by atoms with E-state index >= 15 is 0 Å². The molecule has 0 aromatic heterocycles. The zero-order valence-electron chi connectivity index (χ0n) is 9.53. The van der Waals surface area contributed by atoms with Crippen LogP contribution in [0.2, 0.25) is 0 Å². The summed E-state index contributed by atoms with van der Waals surface area (Å²) in [7, 11) is 0. The second-order valence-corrected chi connectivity index (χ2v) is 4.02. The van der Waals surface area contributed by atoms with Crippen LogP contribution in [-0.4, -0.2) is 19.1 Å². The molecule has 0 saturated heterocycles. The maximum absolute atomic E-state index is 12.0. The van der Waals surface area contributed by atoms with Gasteiger partial charge in [-0.25, -0.2) is 0 Å². The van der Waals surface area contributed by atoms with E-state index < -0.39 is 0 Å². The molecule has 0 fully saturated rings. The zero-order valence-corrected chi connectivity index (χ0v) is 9.53. The Kier molecular flexibility index (Phi) is 3.44. The van der Waals surface area contributed by atoms with Gasteiger partial charge in [0, 0.05) is 12.1 Å². The summed E-state index contributed by atoms with van der Waals surface area (Å²) in [5.74, 6) is 0.930. The first-order valence-electron chi connectivity index (χ1n) is 5.82. The van der Waals surface area contributed by atoms with Crippen LogP contribution >= 0.6 is 0 Å². The summed E-state index contributed by atoms with van der Waals surface area (Å²) in [4.78, 5) is 12.0. The number of carbonyl (C=O) groups is 1. The molecule has 0 saturated carbocycles. The minimum atomic E-state index is -0.0449. The molecule has 3 heteroatoms. The van der Waals surface area contributed by atoms with Crippen LogP contribution in [-0.2, 0) is 4.79 Å². The highest BCUT2D eigenvalue weighted by Crippen LogP contribution is 2.33. The number of nitrogens with one attached hydrogen (secondary N) is 1. The first-order chi connectivity index (χ1) is 7.83. The number of hydrogen-bond acceptors (Lipinski definition) is 2. The summed E-state index contributed by atoms with van der Waals surface area (Å²) in [6, 6.07) is 7.79. The first-order valence-corrected chi connectivity index (χ1v) is 5.82. The van der Waals surface area contributed by atoms with Gasteiger partial charge in [0.15, 0.2) is 0 Å². The van der Waals surface area contributed by atoms with Crippen molar-refractivity contribution in [3.63, 3.8) is 0 Å². The number of ether oxygens (including phenoxy) is 1. The second-order valence-electron chi connectivity index (χ2n) is 4.02. The molecular formula is C13H17NO2. The number of fused-ring (bicyclic) bond motifs is 1. The molecule has 16 heavy (non-hydrogen) atoms. The van der Waals surface area contributed by atoms with Crippen LogP contribution in [0.15, 0.2) is 24.3 Å². The predicted octanol–water partition coefficient (Wildman–Crippen LogP) is 2.08. The Morgan fingerprint density at radius 3 is 3.12 bits per heavy atom. The molecule has 0 bridgehead atoms. The average Bonchev–Trinajstić information content (AvgIpc) is 2.35. The molecule has 3 nitrogen and oxygen atoms in total. The quantitative estimate of drug-likeness (QED) is 0.845. The fourth-order valence-corrected chi connectivity index (χ4v) is 1.99. The number of hydrogen-bond donors (Lipinski definition) is 1. The van der Waals surface area contributed by atoms with E-state index in [9.17, 15) is 4.79 Å². The maximum Gasteiger partial charge on any atom is 0.227 e. The fraction of sp³-hybridized carbons (Fsp3) is 0.462. The van der Waals surface area contributed by atoms with Gasteiger partial charge in [0.2, 0.25) is 5.91 Å². The van der Waals surface area contributed by atoms with Crippen molar-refractivity contribution >= 4 is 5.91 Å². The van der Waals surface area contributed by atoms with E-state index in [1.54, 1.807) is 0 Å². The molecule has 1 aliphatic rings. The molecule has 1 aromatic rings. The minimum Gasteiger partial charge on any atom is -0.493 e. The Labute approximate surface area is 95.8 Å². The summed E-state index contributed by atoms with van der Waals surface area (Å²) >= 11 is 0. The lowest BCUT2D eigenvalue weighted by Crippen LogP contribution is -2.32. The van der Waals surface area contributed by atoms with Crippen molar-refractivity contribution < 1.29 is 9.53 Å². The molecule has 1 amide bonds. The SMILES string of the molecule is CCCNC(=O)C1CCOc2ccccc21. The van der Waals surface area contributed by atoms with Crippen molar-refractivity contribution in [2.24, 2.45) is 0 Å². The van der Waals surface area contributed by atoms with E-state index in [0.29, 0.717) is 6.61 Å². The third-order valence-corrected chi connectivity index (χ3v) is 2.82. The molecule has 1 aliphatic heterocycles. The first kappa shape index (κ1) is 11.0. The van der Waals surface area contributed by atoms with E-state index in [0.717, 1.165) is 30.7 Å². The summed E-state index contributed by atoms with van der Waals surface area (Å²) in [6.45, 7) is 3.43. The van der Waals surface area contributed by atoms with Crippen molar-refractivity contribution in [2.75, 3.05) is 13.2 Å². The molecule has 2 rings (SSSR count). The van der Waals surface area contributed by atoms with Crippen LogP contribution in [0.1, 0.15) is 31.2 Å². The highest BCUT2D eigenvalue weighted by atomic mass is 16.5. The molecule has 1 unspecified atom stereocenters. The van der Waals surface area contributed by atoms with Gasteiger partial charge in [0.05, 0.1) is 12.5 Å². The van der Waals surface area contributed by atoms with Crippen molar-refractivity contribution in [3.8, 4) is 5.75 Å². The lowest BCUT2D eigenvalue weighted by Gasteiger charge is -2.24. The van der Waals surface area contributed by atoms with Crippen LogP contribution in [0.4, 0.5) is 0 Å². The van der Waals surface area contributed by atoms with E-state index in [4.69, 9.17) is 4.74 Å². The Bertz CT molecular complexity index is 376. The average molecular weight is 219 g/mol. The van der Waals surface area contributed by atoms with E-state index in [-0.39, 0.29) is 11.8 Å². The normalized spacial score (nSPS) is 18.4. The van der Waals surface area contributed by atoms with Gasteiger partial charge in [-0.2, -0.15) is 0 Å². The topological polar surface area (TPSA) is 38.3 Å². The summed E-state index contributed by atoms with van der Waals surface area (Å²) in [5, 5.41) is 2.95. The number of rotatable bonds is 3. The maximum atomic E-state index is 12.0. The van der Waals surface area contributed by atoms with Gasteiger partial charge in [-0.15, -0.1) is 0 Å². The lowest BCUT2D eigenvalue weighted by atomic mass is 9.92. The molecule has 1 N–H and O–H groups in total. The van der Waals surface area contributed by atoms with Crippen LogP contribution in [0.5, 0.6) is 5.75 Å². The molecule has 1 aromatic carbocycles. The Hall–Kier alpha value is -1.51. The Morgan fingerprint density at radius 1 is 1.50 bits per heavy atom. The summed E-state index contributed by atoms with van der Waals surface area (Å²) in [5.41, 5.74) is 1.02. The monoisotopic (exact) mass is 219 g/mol. The van der Waals surface area contributed by atoms with Gasteiger partial charge in [-0.1, -0.05) is 25.1 Å². The number of carbonyl (C=O) groups excluding carboxylic acids is 1. The molecule has 0 aliphatic carbocycles. The molecule has 0 spiro atoms. The smallest absolute Gasteiger partial charge is 0.227 e. The molecule has 0 radical (unpaired) electrons. The Balaban J connectivity index is 2.15. The van der Waals surface area contributed by atoms with Gasteiger partial charge in [0.1, 0.15) is 5.75 Å². The Morgan fingerprint density at radius 2 is 2.31 bits per heavy atom. The highest BCUT2D eigenvalue weighted by molar-refractivity contribution is 5.84. The van der Waals surface area contributed by atoms with E-state index in [1.807, 2.05) is 24.3 Å². The van der Waals surface area contributed by atoms with E-state index in [2.05, 4.69) is 12.2 Å². The summed E-state index contributed by atoms with van der Waals surface area (Å²) < 4.78 is 5.53. The van der Waals surface area contributed by atoms with Gasteiger partial charge in [-0.05, 0) is 18.9 Å². The zero-order chi connectivity index (χ0) is 11.4. The predicted molar refractivity (Wildman–Crippen MR) is 62.6 cm³/mol. The van der Waals surface area contributed by atoms with Crippen LogP contribution < -0.4 is 10.1 Å². The number of amides is 1. The van der Waals surface area contributed by atoms with Crippen LogP contribution in [0.3, 0.4) is 0 Å². The van der Waals surface area contributed by atoms with Gasteiger partial charge >= 0.3 is 0 Å². The highest BCUT2D eigenvalue weighted by Gasteiger charge is 2.26. The molecular weight excluding hydrogens is 202 g/mol. The van der Waals surface area contributed by atoms with Gasteiger partial charge in [-0.3, -0.25) is 4.79 Å². The second kappa shape index (κ2) is 5.01. The van der Waals surface area contributed by atoms with Crippen LogP contribution in [0.25, 0.3) is 0 Å². The van der Waals surface area contributed by atoms with Crippen LogP contribution in [0, 0.1) is 0 Å². The molecule has 1 atom stereocenters. The van der Waals surface area contributed by atoms with Crippen molar-refractivity contribution in [3.05, 3.63) is 29.8 Å². The molecule has 1 heterocycles. The number of para-hydroxylation sites is 1.